The van der Waals surface area contributed by atoms with Crippen LogP contribution in [0.1, 0.15) is 24.2 Å². The Morgan fingerprint density at radius 3 is 2.53 bits per heavy atom. The number of ether oxygens (including phenoxy) is 2. The van der Waals surface area contributed by atoms with Crippen molar-refractivity contribution in [1.82, 2.24) is 10.3 Å². The summed E-state index contributed by atoms with van der Waals surface area (Å²) in [5.41, 5.74) is 1.11. The summed E-state index contributed by atoms with van der Waals surface area (Å²) in [5, 5.41) is 15.4. The second-order valence-corrected chi connectivity index (χ2v) is 7.07. The number of halogens is 3. The molecule has 3 rings (SSSR count). The molecular formula is C20H21F3N4O5. The largest absolute Gasteiger partial charge is 0.573 e. The smallest absolute Gasteiger partial charge is 0.495 e. The van der Waals surface area contributed by atoms with Crippen LogP contribution in [-0.2, 0) is 4.79 Å². The Bertz CT molecular complexity index is 1010. The molecule has 0 saturated heterocycles. The molecule has 0 aliphatic carbocycles. The zero-order chi connectivity index (χ0) is 23.6. The van der Waals surface area contributed by atoms with E-state index in [1.807, 2.05) is 0 Å². The highest BCUT2D eigenvalue weighted by Gasteiger charge is 2.33. The van der Waals surface area contributed by atoms with Gasteiger partial charge in [0, 0.05) is 6.07 Å². The van der Waals surface area contributed by atoms with Gasteiger partial charge in [0.1, 0.15) is 18.0 Å². The summed E-state index contributed by atoms with van der Waals surface area (Å²) in [5.74, 6) is -0.275. The summed E-state index contributed by atoms with van der Waals surface area (Å²) >= 11 is 0. The Morgan fingerprint density at radius 2 is 1.97 bits per heavy atom. The Morgan fingerprint density at radius 1 is 1.31 bits per heavy atom. The van der Waals surface area contributed by atoms with Crippen molar-refractivity contribution >= 4 is 23.4 Å². The van der Waals surface area contributed by atoms with E-state index in [4.69, 9.17) is 4.74 Å². The third kappa shape index (κ3) is 5.19. The molecule has 0 spiro atoms. The molecule has 12 heteroatoms. The fourth-order valence-electron chi connectivity index (χ4n) is 3.23. The molecule has 9 nitrogen and oxygen atoms in total. The maximum absolute atomic E-state index is 13.0. The minimum atomic E-state index is -4.84. The molecule has 1 aromatic carbocycles. The number of rotatable bonds is 5. The van der Waals surface area contributed by atoms with Crippen LogP contribution in [0, 0.1) is 6.92 Å². The number of alkyl halides is 3. The molecule has 2 atom stereocenters. The molecule has 2 unspecified atom stereocenters. The quantitative estimate of drug-likeness (QED) is 0.641. The molecule has 1 aliphatic rings. The third-order valence-electron chi connectivity index (χ3n) is 4.68. The van der Waals surface area contributed by atoms with Gasteiger partial charge >= 0.3 is 12.4 Å². The fraction of sp³-hybridized carbons (Fsp3) is 0.350. The lowest BCUT2D eigenvalue weighted by atomic mass is 10.0. The van der Waals surface area contributed by atoms with Gasteiger partial charge in [-0.2, -0.15) is 0 Å². The summed E-state index contributed by atoms with van der Waals surface area (Å²) in [6.07, 6.45) is -5.94. The van der Waals surface area contributed by atoms with Crippen molar-refractivity contribution in [2.24, 2.45) is 0 Å². The average molecular weight is 454 g/mol. The number of methoxy groups -OCH3 is 1. The van der Waals surface area contributed by atoms with Gasteiger partial charge in [-0.15, -0.1) is 13.2 Å². The number of hydrogen-bond donors (Lipinski definition) is 3. The number of hydrogen-bond acceptors (Lipinski definition) is 6. The highest BCUT2D eigenvalue weighted by Crippen LogP contribution is 2.33. The maximum atomic E-state index is 13.0. The van der Waals surface area contributed by atoms with E-state index in [1.54, 1.807) is 13.0 Å². The van der Waals surface area contributed by atoms with Gasteiger partial charge in [-0.05, 0) is 31.5 Å². The van der Waals surface area contributed by atoms with Crippen LogP contribution in [0.2, 0.25) is 0 Å². The summed E-state index contributed by atoms with van der Waals surface area (Å²) < 4.78 is 46.1. The van der Waals surface area contributed by atoms with Gasteiger partial charge in [0.05, 0.1) is 30.6 Å². The number of aliphatic hydroxyl groups is 1. The highest BCUT2D eigenvalue weighted by atomic mass is 19.4. The monoisotopic (exact) mass is 454 g/mol. The van der Waals surface area contributed by atoms with E-state index in [-0.39, 0.29) is 18.1 Å². The van der Waals surface area contributed by atoms with Crippen molar-refractivity contribution in [1.29, 1.82) is 0 Å². The molecule has 0 fully saturated rings. The van der Waals surface area contributed by atoms with E-state index in [1.165, 1.54) is 26.2 Å². The molecule has 3 amide bonds. The molecular weight excluding hydrogens is 433 g/mol. The van der Waals surface area contributed by atoms with Gasteiger partial charge in [-0.25, -0.2) is 9.78 Å². The number of urea groups is 1. The summed E-state index contributed by atoms with van der Waals surface area (Å²) in [6.45, 7) is 2.77. The maximum Gasteiger partial charge on any atom is 0.573 e. The van der Waals surface area contributed by atoms with E-state index in [0.717, 1.165) is 17.0 Å². The van der Waals surface area contributed by atoms with Crippen molar-refractivity contribution in [2.75, 3.05) is 23.9 Å². The number of fused-ring (bicyclic) bond motifs is 1. The number of amides is 3. The van der Waals surface area contributed by atoms with Crippen LogP contribution >= 0.6 is 0 Å². The predicted octanol–water partition coefficient (Wildman–Crippen LogP) is 2.89. The molecule has 1 aromatic heterocycles. The first-order valence-electron chi connectivity index (χ1n) is 9.45. The second-order valence-electron chi connectivity index (χ2n) is 7.07. The molecule has 1 aliphatic heterocycles. The van der Waals surface area contributed by atoms with E-state index >= 15 is 0 Å². The van der Waals surface area contributed by atoms with Gasteiger partial charge in [-0.3, -0.25) is 9.69 Å². The van der Waals surface area contributed by atoms with E-state index in [9.17, 15) is 27.9 Å². The lowest BCUT2D eigenvalue weighted by Crippen LogP contribution is -2.49. The van der Waals surface area contributed by atoms with Gasteiger partial charge in [0.2, 0.25) is 5.91 Å². The lowest BCUT2D eigenvalue weighted by Gasteiger charge is -2.31. The van der Waals surface area contributed by atoms with Crippen LogP contribution in [0.25, 0.3) is 0 Å². The molecule has 3 N–H and O–H groups in total. The third-order valence-corrected chi connectivity index (χ3v) is 4.68. The number of nitrogens with zero attached hydrogens (tertiary/aromatic N) is 2. The van der Waals surface area contributed by atoms with Crippen LogP contribution in [-0.4, -0.2) is 48.1 Å². The first-order valence-corrected chi connectivity index (χ1v) is 9.45. The lowest BCUT2D eigenvalue weighted by molar-refractivity contribution is -0.274. The molecule has 172 valence electrons. The number of anilines is 2. The Kier molecular flexibility index (Phi) is 6.44. The standard InChI is InChI=1S/C20H21F3N4O5/c1-10-15(31-3)8-14-18(24-10)27(9-16(29)25-14)19(30)26-17(11(2)28)12-4-6-13(7-5-12)32-20(21,22)23/h4-8,11,17,28H,9H2,1-3H3,(H,25,29)(H,26,30). The average Bonchev–Trinajstić information content (AvgIpc) is 2.70. The van der Waals surface area contributed by atoms with Crippen molar-refractivity contribution < 1.29 is 37.3 Å². The van der Waals surface area contributed by atoms with Crippen LogP contribution in [0.5, 0.6) is 11.5 Å². The molecule has 2 aromatic rings. The van der Waals surface area contributed by atoms with Crippen molar-refractivity contribution in [2.45, 2.75) is 32.4 Å². The SMILES string of the molecule is COc1cc2c(nc1C)N(C(=O)NC(c1ccc(OC(F)(F)F)cc1)C(C)O)CC(=O)N2. The summed E-state index contributed by atoms with van der Waals surface area (Å²) in [7, 11) is 1.45. The zero-order valence-electron chi connectivity index (χ0n) is 17.4. The van der Waals surface area contributed by atoms with Crippen molar-refractivity contribution in [3.8, 4) is 11.5 Å². The molecule has 0 radical (unpaired) electrons. The van der Waals surface area contributed by atoms with Crippen LogP contribution < -0.4 is 25.0 Å². The number of nitrogens with one attached hydrogen (secondary N) is 2. The number of aryl methyl sites for hydroxylation is 1. The highest BCUT2D eigenvalue weighted by molar-refractivity contribution is 6.08. The normalized spacial score (nSPS) is 15.3. The van der Waals surface area contributed by atoms with Crippen molar-refractivity contribution in [3.05, 3.63) is 41.6 Å². The summed E-state index contributed by atoms with van der Waals surface area (Å²) in [4.78, 5) is 30.5. The van der Waals surface area contributed by atoms with E-state index in [0.29, 0.717) is 17.0 Å². The number of benzene rings is 1. The number of pyridine rings is 1. The first kappa shape index (κ1) is 23.1. The van der Waals surface area contributed by atoms with Crippen LogP contribution in [0.4, 0.5) is 29.5 Å². The van der Waals surface area contributed by atoms with Crippen molar-refractivity contribution in [3.63, 3.8) is 0 Å². The summed E-state index contributed by atoms with van der Waals surface area (Å²) in [6, 6.07) is 4.58. The predicted molar refractivity (Wildman–Crippen MR) is 108 cm³/mol. The van der Waals surface area contributed by atoms with E-state index < -0.39 is 36.2 Å². The minimum Gasteiger partial charge on any atom is -0.495 e. The first-order chi connectivity index (χ1) is 15.0. The molecule has 32 heavy (non-hydrogen) atoms. The second kappa shape index (κ2) is 8.91. The van der Waals surface area contributed by atoms with Gasteiger partial charge in [-0.1, -0.05) is 12.1 Å². The van der Waals surface area contributed by atoms with Gasteiger partial charge in [0.25, 0.3) is 0 Å². The minimum absolute atomic E-state index is 0.193. The van der Waals surface area contributed by atoms with Crippen LogP contribution in [0.3, 0.4) is 0 Å². The van der Waals surface area contributed by atoms with Crippen LogP contribution in [0.15, 0.2) is 30.3 Å². The fourth-order valence-corrected chi connectivity index (χ4v) is 3.23. The molecule has 2 heterocycles. The Hall–Kier alpha value is -3.54. The number of aliphatic hydroxyl groups excluding tert-OH is 1. The van der Waals surface area contributed by atoms with Gasteiger partial charge in [0.15, 0.2) is 5.82 Å². The van der Waals surface area contributed by atoms with Gasteiger partial charge < -0.3 is 25.2 Å². The Balaban J connectivity index is 1.84. The number of aromatic nitrogens is 1. The Labute approximate surface area is 181 Å². The zero-order valence-corrected chi connectivity index (χ0v) is 17.4. The number of carbonyl (C=O) groups excluding carboxylic acids is 2. The topological polar surface area (TPSA) is 113 Å². The number of carbonyl (C=O) groups is 2. The molecule has 0 saturated carbocycles. The van der Waals surface area contributed by atoms with E-state index in [2.05, 4.69) is 20.4 Å². The molecule has 0 bridgehead atoms.